The molecule has 2 aromatic rings. The number of aryl methyl sites for hydroxylation is 2. The number of hydrogen-bond donors (Lipinski definition) is 1. The molecule has 0 aromatic heterocycles. The molecule has 3 rings (SSSR count). The Bertz CT molecular complexity index is 708. The number of carboxylic acids is 1. The molecule has 0 radical (unpaired) electrons. The summed E-state index contributed by atoms with van der Waals surface area (Å²) in [6, 6.07) is 16.6. The Labute approximate surface area is 143 Å². The van der Waals surface area contributed by atoms with Crippen LogP contribution in [-0.4, -0.2) is 28.6 Å². The summed E-state index contributed by atoms with van der Waals surface area (Å²) < 4.78 is 0. The third-order valence-corrected chi connectivity index (χ3v) is 5.10. The minimum Gasteiger partial charge on any atom is -0.480 e. The van der Waals surface area contributed by atoms with E-state index in [-0.39, 0.29) is 6.04 Å². The van der Waals surface area contributed by atoms with Gasteiger partial charge in [0.15, 0.2) is 0 Å². The highest BCUT2D eigenvalue weighted by Gasteiger charge is 2.37. The quantitative estimate of drug-likeness (QED) is 0.896. The monoisotopic (exact) mass is 323 g/mol. The summed E-state index contributed by atoms with van der Waals surface area (Å²) in [5, 5.41) is 9.64. The lowest BCUT2D eigenvalue weighted by molar-refractivity contribution is -0.142. The van der Waals surface area contributed by atoms with Crippen LogP contribution in [0.2, 0.25) is 0 Å². The van der Waals surface area contributed by atoms with Crippen molar-refractivity contribution in [3.63, 3.8) is 0 Å². The van der Waals surface area contributed by atoms with E-state index in [2.05, 4.69) is 55.1 Å². The topological polar surface area (TPSA) is 40.5 Å². The minimum absolute atomic E-state index is 0.000654. The molecule has 1 fully saturated rings. The van der Waals surface area contributed by atoms with Crippen LogP contribution in [0, 0.1) is 6.92 Å². The molecule has 3 nitrogen and oxygen atoms in total. The number of nitrogens with zero attached hydrogens (tertiary/aromatic N) is 1. The fraction of sp³-hybridized carbons (Fsp3) is 0.381. The van der Waals surface area contributed by atoms with Crippen LogP contribution in [0.4, 0.5) is 0 Å². The second-order valence-corrected chi connectivity index (χ2v) is 6.59. The molecule has 0 aliphatic carbocycles. The zero-order valence-corrected chi connectivity index (χ0v) is 14.4. The third kappa shape index (κ3) is 3.22. The highest BCUT2D eigenvalue weighted by molar-refractivity contribution is 5.74. The van der Waals surface area contributed by atoms with Gasteiger partial charge in [-0.15, -0.1) is 0 Å². The molecule has 2 unspecified atom stereocenters. The maximum Gasteiger partial charge on any atom is 0.320 e. The Morgan fingerprint density at radius 3 is 2.54 bits per heavy atom. The highest BCUT2D eigenvalue weighted by atomic mass is 16.4. The first kappa shape index (κ1) is 16.7. The van der Waals surface area contributed by atoms with Gasteiger partial charge in [0.25, 0.3) is 0 Å². The van der Waals surface area contributed by atoms with Crippen LogP contribution in [0.5, 0.6) is 0 Å². The SMILES string of the molecule is CCc1ccc(C(c2ccccc2C)N2CCCC2C(=O)O)cc1. The molecule has 0 saturated carbocycles. The predicted octanol–water partition coefficient (Wildman–Crippen LogP) is 4.20. The van der Waals surface area contributed by atoms with Crippen LogP contribution in [-0.2, 0) is 11.2 Å². The zero-order valence-electron chi connectivity index (χ0n) is 14.4. The number of benzene rings is 2. The summed E-state index contributed by atoms with van der Waals surface area (Å²) in [5.41, 5.74) is 4.89. The van der Waals surface area contributed by atoms with E-state index < -0.39 is 12.0 Å². The van der Waals surface area contributed by atoms with Crippen molar-refractivity contribution in [3.05, 3.63) is 70.8 Å². The van der Waals surface area contributed by atoms with Gasteiger partial charge in [0.05, 0.1) is 6.04 Å². The molecule has 2 aromatic carbocycles. The van der Waals surface area contributed by atoms with Gasteiger partial charge in [0.2, 0.25) is 0 Å². The molecule has 1 aliphatic rings. The maximum absolute atomic E-state index is 11.7. The summed E-state index contributed by atoms with van der Waals surface area (Å²) in [6.45, 7) is 5.08. The molecule has 0 bridgehead atoms. The van der Waals surface area contributed by atoms with Crippen LogP contribution < -0.4 is 0 Å². The molecule has 2 atom stereocenters. The second-order valence-electron chi connectivity index (χ2n) is 6.59. The summed E-state index contributed by atoms with van der Waals surface area (Å²) in [7, 11) is 0. The Hall–Kier alpha value is -2.13. The molecule has 3 heteroatoms. The van der Waals surface area contributed by atoms with E-state index in [1.54, 1.807) is 0 Å². The third-order valence-electron chi connectivity index (χ3n) is 5.10. The molecule has 0 amide bonds. The van der Waals surface area contributed by atoms with Gasteiger partial charge in [-0.25, -0.2) is 0 Å². The molecular weight excluding hydrogens is 298 g/mol. The van der Waals surface area contributed by atoms with Crippen molar-refractivity contribution in [2.24, 2.45) is 0 Å². The maximum atomic E-state index is 11.7. The molecule has 24 heavy (non-hydrogen) atoms. The van der Waals surface area contributed by atoms with Gasteiger partial charge < -0.3 is 5.11 Å². The number of carboxylic acid groups (broad SMARTS) is 1. The summed E-state index contributed by atoms with van der Waals surface area (Å²) in [5.74, 6) is -0.712. The van der Waals surface area contributed by atoms with E-state index in [4.69, 9.17) is 0 Å². The van der Waals surface area contributed by atoms with E-state index >= 15 is 0 Å². The van der Waals surface area contributed by atoms with Crippen molar-refractivity contribution in [1.29, 1.82) is 0 Å². The summed E-state index contributed by atoms with van der Waals surface area (Å²) in [6.07, 6.45) is 2.67. The van der Waals surface area contributed by atoms with Crippen LogP contribution in [0.3, 0.4) is 0 Å². The lowest BCUT2D eigenvalue weighted by atomic mass is 9.92. The van der Waals surface area contributed by atoms with E-state index in [0.717, 1.165) is 25.8 Å². The smallest absolute Gasteiger partial charge is 0.320 e. The molecule has 1 aliphatic heterocycles. The van der Waals surface area contributed by atoms with Gasteiger partial charge in [0.1, 0.15) is 6.04 Å². The number of hydrogen-bond acceptors (Lipinski definition) is 2. The first-order valence-corrected chi connectivity index (χ1v) is 8.74. The molecule has 1 saturated heterocycles. The Morgan fingerprint density at radius 1 is 1.21 bits per heavy atom. The number of aliphatic carboxylic acids is 1. The van der Waals surface area contributed by atoms with Gasteiger partial charge >= 0.3 is 5.97 Å². The van der Waals surface area contributed by atoms with Crippen molar-refractivity contribution < 1.29 is 9.90 Å². The van der Waals surface area contributed by atoms with Gasteiger partial charge in [-0.05, 0) is 48.4 Å². The standard InChI is InChI=1S/C21H25NO2/c1-3-16-10-12-17(13-11-16)20(18-8-5-4-7-15(18)2)22-14-6-9-19(22)21(23)24/h4-5,7-8,10-13,19-20H,3,6,9,14H2,1-2H3,(H,23,24). The summed E-state index contributed by atoms with van der Waals surface area (Å²) >= 11 is 0. The number of carbonyl (C=O) groups is 1. The highest BCUT2D eigenvalue weighted by Crippen LogP contribution is 2.36. The van der Waals surface area contributed by atoms with Crippen LogP contribution >= 0.6 is 0 Å². The zero-order chi connectivity index (χ0) is 17.1. The molecule has 0 spiro atoms. The van der Waals surface area contributed by atoms with Crippen molar-refractivity contribution in [2.75, 3.05) is 6.54 Å². The van der Waals surface area contributed by atoms with Crippen molar-refractivity contribution in [1.82, 2.24) is 4.90 Å². The van der Waals surface area contributed by atoms with E-state index in [1.807, 2.05) is 12.1 Å². The largest absolute Gasteiger partial charge is 0.480 e. The molecular formula is C21H25NO2. The summed E-state index contributed by atoms with van der Waals surface area (Å²) in [4.78, 5) is 13.9. The van der Waals surface area contributed by atoms with Gasteiger partial charge in [-0.2, -0.15) is 0 Å². The average molecular weight is 323 g/mol. The molecule has 126 valence electrons. The Morgan fingerprint density at radius 2 is 1.92 bits per heavy atom. The van der Waals surface area contributed by atoms with E-state index in [9.17, 15) is 9.90 Å². The molecule has 1 heterocycles. The fourth-order valence-corrected chi connectivity index (χ4v) is 3.74. The van der Waals surface area contributed by atoms with Gasteiger partial charge in [-0.1, -0.05) is 55.5 Å². The Balaban J connectivity index is 2.06. The second kappa shape index (κ2) is 7.18. The first-order valence-electron chi connectivity index (χ1n) is 8.74. The Kier molecular flexibility index (Phi) is 5.00. The number of rotatable bonds is 5. The normalized spacial score (nSPS) is 19.3. The van der Waals surface area contributed by atoms with E-state index in [0.29, 0.717) is 0 Å². The average Bonchev–Trinajstić information content (AvgIpc) is 3.07. The lowest BCUT2D eigenvalue weighted by Gasteiger charge is -2.33. The predicted molar refractivity (Wildman–Crippen MR) is 96.2 cm³/mol. The van der Waals surface area contributed by atoms with E-state index in [1.165, 1.54) is 22.3 Å². The van der Waals surface area contributed by atoms with Crippen LogP contribution in [0.25, 0.3) is 0 Å². The molecule has 1 N–H and O–H groups in total. The fourth-order valence-electron chi connectivity index (χ4n) is 3.74. The van der Waals surface area contributed by atoms with Crippen LogP contribution in [0.15, 0.2) is 48.5 Å². The van der Waals surface area contributed by atoms with Gasteiger partial charge in [-0.3, -0.25) is 9.69 Å². The lowest BCUT2D eigenvalue weighted by Crippen LogP contribution is -2.39. The number of likely N-dealkylation sites (tertiary alicyclic amines) is 1. The van der Waals surface area contributed by atoms with Crippen molar-refractivity contribution >= 4 is 5.97 Å². The van der Waals surface area contributed by atoms with Crippen molar-refractivity contribution in [3.8, 4) is 0 Å². The van der Waals surface area contributed by atoms with Gasteiger partial charge in [0, 0.05) is 6.54 Å². The minimum atomic E-state index is -0.712. The van der Waals surface area contributed by atoms with Crippen molar-refractivity contribution in [2.45, 2.75) is 45.2 Å². The first-order chi connectivity index (χ1) is 11.6. The van der Waals surface area contributed by atoms with Crippen LogP contribution in [0.1, 0.15) is 48.1 Å².